The molecule has 3 aromatic rings. The van der Waals surface area contributed by atoms with Crippen molar-refractivity contribution in [3.63, 3.8) is 0 Å². The summed E-state index contributed by atoms with van der Waals surface area (Å²) in [5.41, 5.74) is 3.63. The molecule has 2 unspecified atom stereocenters. The van der Waals surface area contributed by atoms with Gasteiger partial charge in [0.1, 0.15) is 10.9 Å². The number of ether oxygens (including phenoxy) is 2. The van der Waals surface area contributed by atoms with Gasteiger partial charge >= 0.3 is 11.9 Å². The van der Waals surface area contributed by atoms with Crippen molar-refractivity contribution in [2.24, 2.45) is 10.9 Å². The number of thiazole rings is 1. The van der Waals surface area contributed by atoms with E-state index >= 15 is 0 Å². The van der Waals surface area contributed by atoms with Crippen LogP contribution in [0.3, 0.4) is 0 Å². The van der Waals surface area contributed by atoms with Gasteiger partial charge in [0.15, 0.2) is 0 Å². The summed E-state index contributed by atoms with van der Waals surface area (Å²) in [6, 6.07) is 13.8. The molecule has 2 heterocycles. The lowest BCUT2D eigenvalue weighted by atomic mass is 9.75. The number of hydrogen-bond acceptors (Lipinski definition) is 9. The molecule has 0 amide bonds. The number of aliphatic imine (C=N–C) groups is 1. The molecule has 4 rings (SSSR count). The van der Waals surface area contributed by atoms with E-state index in [1.807, 2.05) is 24.3 Å². The first-order valence-electron chi connectivity index (χ1n) is 11.0. The van der Waals surface area contributed by atoms with Gasteiger partial charge in [-0.2, -0.15) is 0 Å². The van der Waals surface area contributed by atoms with E-state index in [1.165, 1.54) is 31.6 Å². The second-order valence-corrected chi connectivity index (χ2v) is 9.02. The minimum absolute atomic E-state index is 0.0238. The number of aromatic nitrogens is 1. The minimum atomic E-state index is -0.804. The van der Waals surface area contributed by atoms with Gasteiger partial charge in [-0.1, -0.05) is 30.3 Å². The Balaban J connectivity index is 1.80. The van der Waals surface area contributed by atoms with Gasteiger partial charge in [0, 0.05) is 34.3 Å². The van der Waals surface area contributed by atoms with Crippen molar-refractivity contribution in [1.29, 1.82) is 0 Å². The van der Waals surface area contributed by atoms with Crippen LogP contribution < -0.4 is 0 Å². The number of rotatable bonds is 6. The number of nitro benzene ring substituents is 1. The number of esters is 2. The summed E-state index contributed by atoms with van der Waals surface area (Å²) in [7, 11) is 2.58. The fourth-order valence-electron chi connectivity index (χ4n) is 4.45. The van der Waals surface area contributed by atoms with E-state index in [2.05, 4.69) is 9.98 Å². The zero-order valence-electron chi connectivity index (χ0n) is 20.1. The normalized spacial score (nSPS) is 17.4. The van der Waals surface area contributed by atoms with Gasteiger partial charge in [-0.25, -0.2) is 9.78 Å². The molecule has 1 aliphatic rings. The minimum Gasteiger partial charge on any atom is -0.468 e. The summed E-state index contributed by atoms with van der Waals surface area (Å²) < 4.78 is 10.1. The lowest BCUT2D eigenvalue weighted by molar-refractivity contribution is -0.384. The second-order valence-electron chi connectivity index (χ2n) is 8.16. The first-order valence-corrected chi connectivity index (χ1v) is 11.9. The maximum Gasteiger partial charge on any atom is 0.336 e. The summed E-state index contributed by atoms with van der Waals surface area (Å²) >= 11 is 1.34. The molecule has 0 spiro atoms. The number of carbonyl (C=O) groups excluding carboxylic acids is 2. The van der Waals surface area contributed by atoms with Crippen LogP contribution in [0, 0.1) is 16.0 Å². The number of methoxy groups -OCH3 is 2. The molecule has 0 saturated heterocycles. The lowest BCUT2D eigenvalue weighted by Gasteiger charge is -2.31. The number of hydrogen-bond donors (Lipinski definition) is 0. The Hall–Kier alpha value is -4.18. The molecule has 0 aliphatic carbocycles. The molecule has 36 heavy (non-hydrogen) atoms. The highest BCUT2D eigenvalue weighted by Crippen LogP contribution is 2.41. The van der Waals surface area contributed by atoms with Crippen LogP contribution in [0.4, 0.5) is 5.69 Å². The van der Waals surface area contributed by atoms with Gasteiger partial charge in [0.2, 0.25) is 0 Å². The predicted octanol–water partition coefficient (Wildman–Crippen LogP) is 5.18. The molecule has 1 aromatic heterocycles. The van der Waals surface area contributed by atoms with E-state index < -0.39 is 28.7 Å². The first-order chi connectivity index (χ1) is 17.3. The highest BCUT2D eigenvalue weighted by molar-refractivity contribution is 7.13. The van der Waals surface area contributed by atoms with Crippen LogP contribution in [0.1, 0.15) is 25.3 Å². The molecule has 0 bridgehead atoms. The van der Waals surface area contributed by atoms with E-state index in [1.54, 1.807) is 37.4 Å². The molecule has 0 saturated carbocycles. The monoisotopic (exact) mass is 505 g/mol. The predicted molar refractivity (Wildman–Crippen MR) is 136 cm³/mol. The van der Waals surface area contributed by atoms with E-state index in [0.717, 1.165) is 5.56 Å². The van der Waals surface area contributed by atoms with Crippen LogP contribution in [-0.2, 0) is 19.1 Å². The van der Waals surface area contributed by atoms with Crippen LogP contribution in [0.25, 0.3) is 21.8 Å². The Morgan fingerprint density at radius 3 is 2.50 bits per heavy atom. The van der Waals surface area contributed by atoms with Crippen molar-refractivity contribution >= 4 is 34.7 Å². The standard InChI is InChI=1S/C26H23N3O6S/c1-14-21(25(30)34-3)23(22(15(2)27-14)26(31)35-4)16-8-7-9-17(12-16)24-28-19(13-36-24)18-10-5-6-11-20(18)29(32)33/h5-13,21,23H,1-4H3. The Morgan fingerprint density at radius 1 is 1.06 bits per heavy atom. The molecule has 2 atom stereocenters. The van der Waals surface area contributed by atoms with Crippen LogP contribution in [0.5, 0.6) is 0 Å². The summed E-state index contributed by atoms with van der Waals surface area (Å²) in [5.74, 6) is -2.55. The lowest BCUT2D eigenvalue weighted by Crippen LogP contribution is -2.36. The maximum atomic E-state index is 12.8. The van der Waals surface area contributed by atoms with Crippen LogP contribution in [0.15, 0.2) is 70.2 Å². The summed E-state index contributed by atoms with van der Waals surface area (Å²) in [6.45, 7) is 3.44. The molecule has 0 fully saturated rings. The van der Waals surface area contributed by atoms with Crippen molar-refractivity contribution in [2.75, 3.05) is 14.2 Å². The third kappa shape index (κ3) is 4.55. The quantitative estimate of drug-likeness (QED) is 0.257. The Morgan fingerprint density at radius 2 is 1.81 bits per heavy atom. The van der Waals surface area contributed by atoms with E-state index in [4.69, 9.17) is 9.47 Å². The fourth-order valence-corrected chi connectivity index (χ4v) is 5.27. The third-order valence-electron chi connectivity index (χ3n) is 6.06. The second kappa shape index (κ2) is 10.2. The molecule has 9 nitrogen and oxygen atoms in total. The van der Waals surface area contributed by atoms with E-state index in [0.29, 0.717) is 33.2 Å². The SMILES string of the molecule is COC(=O)C1=C(C)N=C(C)C(C(=O)OC)C1c1cccc(-c2nc(-c3ccccc3[N+](=O)[O-])cs2)c1. The molecule has 10 heteroatoms. The highest BCUT2D eigenvalue weighted by Gasteiger charge is 2.42. The molecular weight excluding hydrogens is 482 g/mol. The van der Waals surface area contributed by atoms with Crippen molar-refractivity contribution in [2.45, 2.75) is 19.8 Å². The number of carbonyl (C=O) groups is 2. The Bertz CT molecular complexity index is 1420. The van der Waals surface area contributed by atoms with Crippen molar-refractivity contribution in [3.05, 3.63) is 80.9 Å². The first kappa shape index (κ1) is 24.9. The topological polar surface area (TPSA) is 121 Å². The molecule has 0 radical (unpaired) electrons. The number of nitrogens with zero attached hydrogens (tertiary/aromatic N) is 3. The molecule has 184 valence electrons. The Kier molecular flexibility index (Phi) is 7.07. The van der Waals surface area contributed by atoms with Crippen LogP contribution >= 0.6 is 11.3 Å². The average molecular weight is 506 g/mol. The van der Waals surface area contributed by atoms with E-state index in [9.17, 15) is 19.7 Å². The van der Waals surface area contributed by atoms with Gasteiger partial charge in [0.25, 0.3) is 5.69 Å². The maximum absolute atomic E-state index is 12.8. The highest BCUT2D eigenvalue weighted by atomic mass is 32.1. The zero-order chi connectivity index (χ0) is 26.0. The van der Waals surface area contributed by atoms with Gasteiger partial charge in [-0.15, -0.1) is 11.3 Å². The van der Waals surface area contributed by atoms with Crippen molar-refractivity contribution in [1.82, 2.24) is 4.98 Å². The van der Waals surface area contributed by atoms with Crippen molar-refractivity contribution < 1.29 is 24.0 Å². The number of benzene rings is 2. The summed E-state index contributed by atoms with van der Waals surface area (Å²) in [4.78, 5) is 45.6. The van der Waals surface area contributed by atoms with Crippen LogP contribution in [-0.4, -0.2) is 41.8 Å². The van der Waals surface area contributed by atoms with E-state index in [-0.39, 0.29) is 11.3 Å². The molecule has 1 aliphatic heterocycles. The Labute approximate surface area is 211 Å². The fraction of sp³-hybridized carbons (Fsp3) is 0.231. The van der Waals surface area contributed by atoms with Gasteiger partial charge in [0.05, 0.1) is 36.0 Å². The average Bonchev–Trinajstić information content (AvgIpc) is 3.38. The zero-order valence-corrected chi connectivity index (χ0v) is 20.9. The van der Waals surface area contributed by atoms with Gasteiger partial charge in [-0.3, -0.25) is 19.9 Å². The third-order valence-corrected chi connectivity index (χ3v) is 6.95. The van der Waals surface area contributed by atoms with Gasteiger partial charge in [-0.05, 0) is 31.5 Å². The van der Waals surface area contributed by atoms with Gasteiger partial charge < -0.3 is 9.47 Å². The van der Waals surface area contributed by atoms with Crippen LogP contribution in [0.2, 0.25) is 0 Å². The molecule has 0 N–H and O–H groups in total. The molecular formula is C26H23N3O6S. The number of para-hydroxylation sites is 1. The summed E-state index contributed by atoms with van der Waals surface area (Å²) in [6.07, 6.45) is 0. The largest absolute Gasteiger partial charge is 0.468 e. The summed E-state index contributed by atoms with van der Waals surface area (Å²) in [5, 5.41) is 13.9. The number of nitro groups is 1. The number of allylic oxidation sites excluding steroid dienone is 1. The molecule has 2 aromatic carbocycles. The smallest absolute Gasteiger partial charge is 0.336 e. The van der Waals surface area contributed by atoms with Crippen molar-refractivity contribution in [3.8, 4) is 21.8 Å².